The van der Waals surface area contributed by atoms with E-state index in [2.05, 4.69) is 20.6 Å². The summed E-state index contributed by atoms with van der Waals surface area (Å²) in [5.41, 5.74) is 4.03. The zero-order valence-electron chi connectivity index (χ0n) is 22.3. The van der Waals surface area contributed by atoms with Gasteiger partial charge in [-0.05, 0) is 53.4 Å². The maximum Gasteiger partial charge on any atom is 1.00 e. The number of fused-ring (bicyclic) bond motifs is 1. The van der Waals surface area contributed by atoms with Crippen LogP contribution in [0.5, 0.6) is 11.5 Å². The molecule has 0 unspecified atom stereocenters. The number of aromatic amines is 1. The molecule has 2 N–H and O–H groups in total. The van der Waals surface area contributed by atoms with Gasteiger partial charge in [0.2, 0.25) is 5.82 Å². The van der Waals surface area contributed by atoms with Crippen molar-refractivity contribution >= 4 is 28.5 Å². The van der Waals surface area contributed by atoms with Gasteiger partial charge in [-0.25, -0.2) is 9.78 Å². The van der Waals surface area contributed by atoms with E-state index < -0.39 is 5.97 Å². The number of nitrogens with one attached hydrogen (secondary N) is 1. The number of H-pyrrole nitrogens is 1. The SMILES string of the molecule is O=C(O)c1c(Oc2ccc(-c3ccccc3-c3nn[nH]n3)cc2)c(C2CC2)nc2cc(Cl)ccc12.[H-].[H-].[K+].[K+]. The first-order valence-electron chi connectivity index (χ1n) is 11.1. The molecule has 0 spiro atoms. The molecule has 37 heavy (non-hydrogen) atoms. The number of benzene rings is 3. The second-order valence-corrected chi connectivity index (χ2v) is 8.79. The van der Waals surface area contributed by atoms with E-state index in [0.717, 1.165) is 29.5 Å². The molecule has 0 radical (unpaired) electrons. The number of rotatable bonds is 6. The number of aromatic carboxylic acids is 1. The quantitative estimate of drug-likeness (QED) is 0.286. The number of carboxylic acids is 1. The molecule has 2 aromatic heterocycles. The zero-order chi connectivity index (χ0) is 23.9. The van der Waals surface area contributed by atoms with Gasteiger partial charge in [0.05, 0.1) is 11.2 Å². The third-order valence-electron chi connectivity index (χ3n) is 6.01. The van der Waals surface area contributed by atoms with Crippen molar-refractivity contribution < 1.29 is 120 Å². The van der Waals surface area contributed by atoms with E-state index in [1.807, 2.05) is 48.5 Å². The number of halogens is 1. The molecule has 176 valence electrons. The Kier molecular flexibility index (Phi) is 9.74. The largest absolute Gasteiger partial charge is 1.00 e. The van der Waals surface area contributed by atoms with Gasteiger partial charge < -0.3 is 12.7 Å². The summed E-state index contributed by atoms with van der Waals surface area (Å²) in [6, 6.07) is 20.3. The van der Waals surface area contributed by atoms with E-state index in [1.165, 1.54) is 0 Å². The molecule has 1 fully saturated rings. The van der Waals surface area contributed by atoms with Crippen LogP contribution in [0.25, 0.3) is 33.4 Å². The summed E-state index contributed by atoms with van der Waals surface area (Å²) in [5.74, 6) is 0.415. The van der Waals surface area contributed by atoms with Crippen LogP contribution in [0.3, 0.4) is 0 Å². The Morgan fingerprint density at radius 3 is 2.41 bits per heavy atom. The van der Waals surface area contributed by atoms with Crippen LogP contribution in [0.1, 0.15) is 37.7 Å². The summed E-state index contributed by atoms with van der Waals surface area (Å²) in [6.07, 6.45) is 1.89. The minimum Gasteiger partial charge on any atom is -1.00 e. The molecule has 0 atom stereocenters. The zero-order valence-corrected chi connectivity index (χ0v) is 27.3. The van der Waals surface area contributed by atoms with E-state index >= 15 is 0 Å². The monoisotopic (exact) mass is 563 g/mol. The molecule has 0 amide bonds. The fourth-order valence-corrected chi connectivity index (χ4v) is 4.38. The van der Waals surface area contributed by atoms with Crippen LogP contribution in [0.4, 0.5) is 0 Å². The Morgan fingerprint density at radius 1 is 1.03 bits per heavy atom. The van der Waals surface area contributed by atoms with E-state index in [0.29, 0.717) is 33.2 Å². The maximum absolute atomic E-state index is 12.3. The minimum absolute atomic E-state index is 0. The van der Waals surface area contributed by atoms with Crippen molar-refractivity contribution in [3.8, 4) is 34.0 Å². The Labute approximate surface area is 305 Å². The van der Waals surface area contributed by atoms with Crippen molar-refractivity contribution in [2.24, 2.45) is 0 Å². The van der Waals surface area contributed by atoms with Gasteiger partial charge in [0.25, 0.3) is 0 Å². The van der Waals surface area contributed by atoms with Crippen LogP contribution in [0, 0.1) is 0 Å². The van der Waals surface area contributed by atoms with Crippen LogP contribution in [-0.2, 0) is 0 Å². The molecule has 6 rings (SSSR count). The van der Waals surface area contributed by atoms with Crippen LogP contribution >= 0.6 is 11.6 Å². The average Bonchev–Trinajstić information content (AvgIpc) is 3.57. The van der Waals surface area contributed by atoms with Crippen molar-refractivity contribution in [3.05, 3.63) is 83.0 Å². The van der Waals surface area contributed by atoms with Gasteiger partial charge in [0, 0.05) is 21.9 Å². The molecule has 2 heterocycles. The summed E-state index contributed by atoms with van der Waals surface area (Å²) in [5, 5.41) is 25.4. The van der Waals surface area contributed by atoms with Crippen LogP contribution < -0.4 is 108 Å². The predicted octanol–water partition coefficient (Wildman–Crippen LogP) is 0.336. The first-order valence-corrected chi connectivity index (χ1v) is 11.4. The molecule has 5 aromatic rings. The summed E-state index contributed by atoms with van der Waals surface area (Å²) >= 11 is 6.15. The molecule has 3 aromatic carbocycles. The van der Waals surface area contributed by atoms with E-state index in [4.69, 9.17) is 21.3 Å². The second-order valence-electron chi connectivity index (χ2n) is 8.35. The molecule has 0 saturated heterocycles. The van der Waals surface area contributed by atoms with Crippen molar-refractivity contribution in [2.45, 2.75) is 18.8 Å². The smallest absolute Gasteiger partial charge is 1.00 e. The maximum atomic E-state index is 12.3. The molecule has 1 aliphatic rings. The number of carbonyl (C=O) groups is 1. The Morgan fingerprint density at radius 2 is 1.76 bits per heavy atom. The first kappa shape index (κ1) is 29.0. The van der Waals surface area contributed by atoms with Crippen LogP contribution in [-0.4, -0.2) is 36.7 Å². The Hall–Kier alpha value is -1.03. The van der Waals surface area contributed by atoms with E-state index in [1.54, 1.807) is 18.2 Å². The number of ether oxygens (including phenoxy) is 1. The van der Waals surface area contributed by atoms with Gasteiger partial charge in [-0.2, -0.15) is 5.21 Å². The second kappa shape index (κ2) is 12.4. The minimum atomic E-state index is -1.07. The number of hydrogen-bond acceptors (Lipinski definition) is 6. The van der Waals surface area contributed by atoms with Gasteiger partial charge in [-0.1, -0.05) is 54.1 Å². The Bertz CT molecular complexity index is 1590. The van der Waals surface area contributed by atoms with E-state index in [-0.39, 0.29) is 123 Å². The number of tetrazole rings is 1. The summed E-state index contributed by atoms with van der Waals surface area (Å²) in [7, 11) is 0. The standard InChI is InChI=1S/C26H18ClN5O3.2K.2H/c27-16-9-12-20-21(13-16)28-23(15-5-6-15)24(22(20)26(33)34)35-17-10-7-14(8-11-17)18-3-1-2-4-19(18)25-29-31-32-30-25;;;;/h1-4,7-13,15H,5-6H2,(H,33,34)(H,29,30,31,32);;;;/q;2*+1;2*-1. The van der Waals surface area contributed by atoms with Crippen molar-refractivity contribution in [1.29, 1.82) is 0 Å². The molecule has 11 heteroatoms. The number of hydrogen-bond donors (Lipinski definition) is 2. The topological polar surface area (TPSA) is 114 Å². The van der Waals surface area contributed by atoms with Gasteiger partial charge in [-0.3, -0.25) is 0 Å². The number of carboxylic acid groups (broad SMARTS) is 1. The third-order valence-corrected chi connectivity index (χ3v) is 6.24. The van der Waals surface area contributed by atoms with Crippen molar-refractivity contribution in [3.63, 3.8) is 0 Å². The Balaban J connectivity index is 0.00000133. The summed E-state index contributed by atoms with van der Waals surface area (Å²) < 4.78 is 6.22. The third kappa shape index (κ3) is 6.10. The molecule has 1 aliphatic carbocycles. The van der Waals surface area contributed by atoms with E-state index in [9.17, 15) is 9.90 Å². The van der Waals surface area contributed by atoms with Gasteiger partial charge >= 0.3 is 109 Å². The molecule has 0 bridgehead atoms. The molecular weight excluding hydrogens is 544 g/mol. The number of pyridine rings is 1. The van der Waals surface area contributed by atoms with Crippen LogP contribution in [0.15, 0.2) is 66.7 Å². The first-order chi connectivity index (χ1) is 17.1. The molecule has 0 aliphatic heterocycles. The normalized spacial score (nSPS) is 12.5. The predicted molar refractivity (Wildman–Crippen MR) is 133 cm³/mol. The van der Waals surface area contributed by atoms with Crippen molar-refractivity contribution in [1.82, 2.24) is 25.6 Å². The molecule has 1 saturated carbocycles. The van der Waals surface area contributed by atoms with Gasteiger partial charge in [-0.15, -0.1) is 10.2 Å². The fraction of sp³-hybridized carbons (Fsp3) is 0.115. The van der Waals surface area contributed by atoms with Crippen molar-refractivity contribution in [2.75, 3.05) is 0 Å². The average molecular weight is 564 g/mol. The number of nitrogens with zero attached hydrogens (tertiary/aromatic N) is 4. The van der Waals surface area contributed by atoms with Gasteiger partial charge in [0.1, 0.15) is 11.3 Å². The fourth-order valence-electron chi connectivity index (χ4n) is 4.21. The summed E-state index contributed by atoms with van der Waals surface area (Å²) in [4.78, 5) is 17.1. The summed E-state index contributed by atoms with van der Waals surface area (Å²) in [6.45, 7) is 0. The molecule has 8 nitrogen and oxygen atoms in total. The number of aromatic nitrogens is 5. The van der Waals surface area contributed by atoms with Crippen LogP contribution in [0.2, 0.25) is 5.02 Å². The molecular formula is C26H20ClK2N5O3. The van der Waals surface area contributed by atoms with Gasteiger partial charge in [0.15, 0.2) is 5.75 Å².